The predicted octanol–water partition coefficient (Wildman–Crippen LogP) is 2.94. The lowest BCUT2D eigenvalue weighted by Gasteiger charge is -2.23. The molecule has 0 saturated carbocycles. The molecule has 0 bridgehead atoms. The average molecular weight is 201 g/mol. The van der Waals surface area contributed by atoms with Crippen LogP contribution in [0.4, 0.5) is 5.69 Å². The molecule has 2 aliphatic carbocycles. The molecule has 1 aromatic carbocycles. The summed E-state index contributed by atoms with van der Waals surface area (Å²) in [6.45, 7) is 2.31. The van der Waals surface area contributed by atoms with Crippen molar-refractivity contribution < 1.29 is 0 Å². The van der Waals surface area contributed by atoms with Crippen LogP contribution >= 0.6 is 0 Å². The van der Waals surface area contributed by atoms with Gasteiger partial charge in [0.25, 0.3) is 0 Å². The number of benzene rings is 1. The molecule has 0 amide bonds. The SMILES string of the molecule is Cc1c2c(c(N)c3c1CCC3)CCCC2. The van der Waals surface area contributed by atoms with Crippen molar-refractivity contribution in [3.63, 3.8) is 0 Å². The maximum Gasteiger partial charge on any atom is 0.0384 e. The minimum Gasteiger partial charge on any atom is -0.398 e. The Bertz CT molecular complexity index is 379. The van der Waals surface area contributed by atoms with E-state index in [1.165, 1.54) is 56.1 Å². The van der Waals surface area contributed by atoms with Crippen LogP contribution in [0.25, 0.3) is 0 Å². The third-order valence-corrected chi connectivity index (χ3v) is 4.24. The molecule has 2 N–H and O–H groups in total. The quantitative estimate of drug-likeness (QED) is 0.642. The van der Waals surface area contributed by atoms with E-state index in [1.54, 1.807) is 16.7 Å². The van der Waals surface area contributed by atoms with E-state index >= 15 is 0 Å². The van der Waals surface area contributed by atoms with Gasteiger partial charge in [-0.15, -0.1) is 0 Å². The summed E-state index contributed by atoms with van der Waals surface area (Å²) in [5.74, 6) is 0. The van der Waals surface area contributed by atoms with Crippen molar-refractivity contribution in [3.8, 4) is 0 Å². The zero-order valence-corrected chi connectivity index (χ0v) is 9.53. The van der Waals surface area contributed by atoms with Gasteiger partial charge in [-0.1, -0.05) is 0 Å². The lowest BCUT2D eigenvalue weighted by molar-refractivity contribution is 0.682. The standard InChI is InChI=1S/C14H19N/c1-9-10-5-2-3-6-12(10)14(15)13-8-4-7-11(9)13/h2-8,15H2,1H3. The average Bonchev–Trinajstić information content (AvgIpc) is 2.75. The van der Waals surface area contributed by atoms with Gasteiger partial charge >= 0.3 is 0 Å². The number of anilines is 1. The lowest BCUT2D eigenvalue weighted by Crippen LogP contribution is -2.12. The Labute approximate surface area is 91.7 Å². The molecule has 15 heavy (non-hydrogen) atoms. The Morgan fingerprint density at radius 3 is 1.87 bits per heavy atom. The Kier molecular flexibility index (Phi) is 2.01. The minimum atomic E-state index is 1.16. The maximum absolute atomic E-state index is 6.32. The van der Waals surface area contributed by atoms with Crippen LogP contribution in [0.1, 0.15) is 47.1 Å². The second kappa shape index (κ2) is 3.26. The van der Waals surface area contributed by atoms with Gasteiger partial charge < -0.3 is 5.73 Å². The van der Waals surface area contributed by atoms with Crippen LogP contribution in [-0.2, 0) is 25.7 Å². The molecular weight excluding hydrogens is 182 g/mol. The second-order valence-corrected chi connectivity index (χ2v) is 5.01. The van der Waals surface area contributed by atoms with Gasteiger partial charge in [0.15, 0.2) is 0 Å². The van der Waals surface area contributed by atoms with Crippen LogP contribution in [-0.4, -0.2) is 0 Å². The normalized spacial score (nSPS) is 18.7. The first-order valence-electron chi connectivity index (χ1n) is 6.20. The molecule has 0 atom stereocenters. The van der Waals surface area contributed by atoms with Crippen molar-refractivity contribution >= 4 is 5.69 Å². The number of hydrogen-bond acceptors (Lipinski definition) is 1. The zero-order valence-electron chi connectivity index (χ0n) is 9.53. The second-order valence-electron chi connectivity index (χ2n) is 5.01. The van der Waals surface area contributed by atoms with Crippen LogP contribution in [0.5, 0.6) is 0 Å². The smallest absolute Gasteiger partial charge is 0.0384 e. The van der Waals surface area contributed by atoms with Gasteiger partial charge in [-0.05, 0) is 79.7 Å². The van der Waals surface area contributed by atoms with E-state index in [9.17, 15) is 0 Å². The van der Waals surface area contributed by atoms with Crippen LogP contribution in [0, 0.1) is 6.92 Å². The zero-order chi connectivity index (χ0) is 10.4. The third kappa shape index (κ3) is 1.22. The van der Waals surface area contributed by atoms with E-state index in [1.807, 2.05) is 0 Å². The molecule has 0 saturated heterocycles. The number of fused-ring (bicyclic) bond motifs is 2. The molecule has 1 aromatic rings. The summed E-state index contributed by atoms with van der Waals surface area (Å²) in [5.41, 5.74) is 15.2. The van der Waals surface area contributed by atoms with Crippen LogP contribution in [0.15, 0.2) is 0 Å². The molecule has 1 nitrogen and oxygen atoms in total. The highest BCUT2D eigenvalue weighted by molar-refractivity contribution is 5.65. The Morgan fingerprint density at radius 1 is 0.733 bits per heavy atom. The third-order valence-electron chi connectivity index (χ3n) is 4.24. The Balaban J connectivity index is 2.28. The first-order chi connectivity index (χ1) is 7.29. The molecule has 0 aliphatic heterocycles. The molecule has 0 spiro atoms. The van der Waals surface area contributed by atoms with Crippen molar-refractivity contribution in [2.45, 2.75) is 51.9 Å². The molecule has 2 aliphatic rings. The highest BCUT2D eigenvalue weighted by Gasteiger charge is 2.24. The first-order valence-corrected chi connectivity index (χ1v) is 6.20. The largest absolute Gasteiger partial charge is 0.398 e. The van der Waals surface area contributed by atoms with Crippen LogP contribution < -0.4 is 5.73 Å². The number of nitrogen functional groups attached to an aromatic ring is 1. The van der Waals surface area contributed by atoms with E-state index in [0.29, 0.717) is 0 Å². The van der Waals surface area contributed by atoms with Gasteiger partial charge in [-0.2, -0.15) is 0 Å². The fourth-order valence-corrected chi connectivity index (χ4v) is 3.44. The summed E-state index contributed by atoms with van der Waals surface area (Å²) in [4.78, 5) is 0. The van der Waals surface area contributed by atoms with Crippen molar-refractivity contribution in [2.24, 2.45) is 0 Å². The van der Waals surface area contributed by atoms with Gasteiger partial charge in [0.2, 0.25) is 0 Å². The summed E-state index contributed by atoms with van der Waals surface area (Å²) in [5, 5.41) is 0. The molecule has 1 heteroatoms. The van der Waals surface area contributed by atoms with Gasteiger partial charge in [-0.3, -0.25) is 0 Å². The fourth-order valence-electron chi connectivity index (χ4n) is 3.44. The molecule has 80 valence electrons. The van der Waals surface area contributed by atoms with Gasteiger partial charge in [0, 0.05) is 5.69 Å². The van der Waals surface area contributed by atoms with Crippen molar-refractivity contribution in [3.05, 3.63) is 27.8 Å². The lowest BCUT2D eigenvalue weighted by atomic mass is 9.83. The molecule has 0 fully saturated rings. The Hall–Kier alpha value is -0.980. The van der Waals surface area contributed by atoms with E-state index in [4.69, 9.17) is 5.73 Å². The highest BCUT2D eigenvalue weighted by Crippen LogP contribution is 2.38. The number of hydrogen-bond donors (Lipinski definition) is 1. The van der Waals surface area contributed by atoms with Gasteiger partial charge in [0.05, 0.1) is 0 Å². The Morgan fingerprint density at radius 2 is 1.20 bits per heavy atom. The van der Waals surface area contributed by atoms with Crippen molar-refractivity contribution in [2.75, 3.05) is 5.73 Å². The molecule has 0 unspecified atom stereocenters. The van der Waals surface area contributed by atoms with Crippen LogP contribution in [0.3, 0.4) is 0 Å². The van der Waals surface area contributed by atoms with Crippen molar-refractivity contribution in [1.82, 2.24) is 0 Å². The minimum absolute atomic E-state index is 1.16. The fraction of sp³-hybridized carbons (Fsp3) is 0.571. The van der Waals surface area contributed by atoms with Crippen LogP contribution in [0.2, 0.25) is 0 Å². The molecule has 0 radical (unpaired) electrons. The van der Waals surface area contributed by atoms with Gasteiger partial charge in [-0.25, -0.2) is 0 Å². The van der Waals surface area contributed by atoms with Crippen molar-refractivity contribution in [1.29, 1.82) is 0 Å². The molecular formula is C14H19N. The summed E-state index contributed by atoms with van der Waals surface area (Å²) < 4.78 is 0. The molecule has 3 rings (SSSR count). The summed E-state index contributed by atoms with van der Waals surface area (Å²) in [6, 6.07) is 0. The van der Waals surface area contributed by atoms with E-state index in [2.05, 4.69) is 6.92 Å². The number of rotatable bonds is 0. The maximum atomic E-state index is 6.32. The highest BCUT2D eigenvalue weighted by atomic mass is 14.6. The molecule has 0 aromatic heterocycles. The summed E-state index contributed by atoms with van der Waals surface area (Å²) in [7, 11) is 0. The monoisotopic (exact) mass is 201 g/mol. The molecule has 0 heterocycles. The first kappa shape index (κ1) is 9.26. The van der Waals surface area contributed by atoms with E-state index < -0.39 is 0 Å². The van der Waals surface area contributed by atoms with E-state index in [-0.39, 0.29) is 0 Å². The summed E-state index contributed by atoms with van der Waals surface area (Å²) >= 11 is 0. The van der Waals surface area contributed by atoms with E-state index in [0.717, 1.165) is 5.69 Å². The predicted molar refractivity (Wildman–Crippen MR) is 64.3 cm³/mol. The van der Waals surface area contributed by atoms with Gasteiger partial charge in [0.1, 0.15) is 0 Å². The topological polar surface area (TPSA) is 26.0 Å². The number of nitrogens with two attached hydrogens (primary N) is 1. The summed E-state index contributed by atoms with van der Waals surface area (Å²) in [6.07, 6.45) is 8.95.